The second-order valence-corrected chi connectivity index (χ2v) is 9.26. The van der Waals surface area contributed by atoms with Crippen molar-refractivity contribution < 1.29 is 0 Å². The van der Waals surface area contributed by atoms with E-state index >= 15 is 0 Å². The minimum Gasteiger partial charge on any atom is -0.369 e. The number of aromatic nitrogens is 3. The maximum Gasteiger partial charge on any atom is 0.138 e. The van der Waals surface area contributed by atoms with Crippen molar-refractivity contribution in [2.24, 2.45) is 4.99 Å². The van der Waals surface area contributed by atoms with Crippen molar-refractivity contribution in [3.63, 3.8) is 0 Å². The van der Waals surface area contributed by atoms with Crippen LogP contribution in [0.3, 0.4) is 0 Å². The van der Waals surface area contributed by atoms with Gasteiger partial charge >= 0.3 is 0 Å². The number of anilines is 1. The summed E-state index contributed by atoms with van der Waals surface area (Å²) in [4.78, 5) is 22.8. The first kappa shape index (κ1) is 21.1. The van der Waals surface area contributed by atoms with Gasteiger partial charge in [0.05, 0.1) is 28.1 Å². The third kappa shape index (κ3) is 4.10. The van der Waals surface area contributed by atoms with Gasteiger partial charge in [-0.2, -0.15) is 0 Å². The van der Waals surface area contributed by atoms with E-state index in [1.807, 2.05) is 24.4 Å². The highest BCUT2D eigenvalue weighted by molar-refractivity contribution is 6.05. The third-order valence-electron chi connectivity index (χ3n) is 6.96. The Morgan fingerprint density at radius 3 is 2.71 bits per heavy atom. The summed E-state index contributed by atoms with van der Waals surface area (Å²) >= 11 is 0. The summed E-state index contributed by atoms with van der Waals surface area (Å²) in [5.41, 5.74) is 8.69. The first-order valence-corrected chi connectivity index (χ1v) is 12.4. The molecule has 2 aliphatic rings. The van der Waals surface area contributed by atoms with Gasteiger partial charge in [0.1, 0.15) is 5.82 Å². The van der Waals surface area contributed by atoms with Crippen molar-refractivity contribution in [2.75, 3.05) is 37.6 Å². The number of fused-ring (bicyclic) bond motifs is 2. The van der Waals surface area contributed by atoms with Gasteiger partial charge in [-0.05, 0) is 67.1 Å². The van der Waals surface area contributed by atoms with E-state index in [0.717, 1.165) is 72.1 Å². The molecule has 2 aromatic heterocycles. The molecule has 4 aromatic rings. The van der Waals surface area contributed by atoms with E-state index in [0.29, 0.717) is 0 Å². The summed E-state index contributed by atoms with van der Waals surface area (Å²) in [6.07, 6.45) is 5.18. The number of rotatable bonds is 6. The number of aromatic amines is 1. The van der Waals surface area contributed by atoms with E-state index in [2.05, 4.69) is 63.1 Å². The minimum absolute atomic E-state index is 0.800. The fourth-order valence-corrected chi connectivity index (χ4v) is 4.97. The van der Waals surface area contributed by atoms with Gasteiger partial charge in [0, 0.05) is 50.0 Å². The average Bonchev–Trinajstić information content (AvgIpc) is 3.51. The van der Waals surface area contributed by atoms with Crippen molar-refractivity contribution in [1.82, 2.24) is 19.9 Å². The molecule has 0 amide bonds. The fraction of sp³-hybridized carbons (Fsp3) is 0.321. The summed E-state index contributed by atoms with van der Waals surface area (Å²) in [6.45, 7) is 7.94. The monoisotopic (exact) mass is 450 g/mol. The zero-order valence-corrected chi connectivity index (χ0v) is 19.7. The Morgan fingerprint density at radius 2 is 1.88 bits per heavy atom. The van der Waals surface area contributed by atoms with Crippen LogP contribution >= 0.6 is 0 Å². The molecule has 34 heavy (non-hydrogen) atoms. The van der Waals surface area contributed by atoms with Crippen LogP contribution in [-0.4, -0.2) is 58.3 Å². The van der Waals surface area contributed by atoms with E-state index in [-0.39, 0.29) is 0 Å². The molecule has 172 valence electrons. The molecule has 0 saturated carbocycles. The second kappa shape index (κ2) is 9.03. The number of pyridine rings is 1. The number of H-pyrrole nitrogens is 1. The molecular weight excluding hydrogens is 420 g/mol. The number of nitrogens with one attached hydrogen (secondary N) is 1. The van der Waals surface area contributed by atoms with Gasteiger partial charge in [-0.15, -0.1) is 0 Å². The van der Waals surface area contributed by atoms with Crippen LogP contribution in [0.25, 0.3) is 22.4 Å². The predicted molar refractivity (Wildman–Crippen MR) is 139 cm³/mol. The summed E-state index contributed by atoms with van der Waals surface area (Å²) in [6, 6.07) is 19.0. The molecule has 6 rings (SSSR count). The number of nitrogens with zero attached hydrogens (tertiary/aromatic N) is 5. The van der Waals surface area contributed by atoms with E-state index in [4.69, 9.17) is 9.98 Å². The number of imidazole rings is 1. The molecule has 4 heterocycles. The molecular formula is C28H30N6. The van der Waals surface area contributed by atoms with Crippen LogP contribution in [0.2, 0.25) is 0 Å². The lowest BCUT2D eigenvalue weighted by Gasteiger charge is -2.36. The Morgan fingerprint density at radius 1 is 0.971 bits per heavy atom. The summed E-state index contributed by atoms with van der Waals surface area (Å²) in [7, 11) is 0. The maximum atomic E-state index is 4.89. The molecule has 0 bridgehead atoms. The quantitative estimate of drug-likeness (QED) is 0.437. The molecule has 6 heteroatoms. The lowest BCUT2D eigenvalue weighted by molar-refractivity contribution is 0.254. The van der Waals surface area contributed by atoms with E-state index in [1.54, 1.807) is 0 Å². The first-order chi connectivity index (χ1) is 16.8. The molecule has 2 aliphatic heterocycles. The first-order valence-electron chi connectivity index (χ1n) is 12.4. The highest BCUT2D eigenvalue weighted by Crippen LogP contribution is 2.33. The number of hydrogen-bond donors (Lipinski definition) is 1. The predicted octanol–water partition coefficient (Wildman–Crippen LogP) is 5.22. The number of piperazine rings is 1. The van der Waals surface area contributed by atoms with E-state index < -0.39 is 0 Å². The topological polar surface area (TPSA) is 60.4 Å². The Labute approximate surface area is 200 Å². The molecule has 0 spiro atoms. The average molecular weight is 451 g/mol. The SMILES string of the molecule is CCCCN1CCN(c2ccc3nc(-c4ccc5c(c4)CC(c4ccccn4)=N5)[nH]c3c2)CC1. The Balaban J connectivity index is 1.19. The van der Waals surface area contributed by atoms with E-state index in [9.17, 15) is 0 Å². The second-order valence-electron chi connectivity index (χ2n) is 9.26. The zero-order chi connectivity index (χ0) is 22.9. The number of unbranched alkanes of at least 4 members (excludes halogenated alkanes) is 1. The van der Waals surface area contributed by atoms with Crippen LogP contribution < -0.4 is 4.90 Å². The molecule has 0 atom stereocenters. The molecule has 1 saturated heterocycles. The highest BCUT2D eigenvalue weighted by atomic mass is 15.3. The third-order valence-corrected chi connectivity index (χ3v) is 6.96. The van der Waals surface area contributed by atoms with Crippen LogP contribution in [-0.2, 0) is 6.42 Å². The van der Waals surface area contributed by atoms with Crippen LogP contribution in [0.4, 0.5) is 11.4 Å². The lowest BCUT2D eigenvalue weighted by Crippen LogP contribution is -2.46. The van der Waals surface area contributed by atoms with Gasteiger partial charge in [-0.1, -0.05) is 19.4 Å². The summed E-state index contributed by atoms with van der Waals surface area (Å²) in [5, 5.41) is 0. The number of hydrogen-bond acceptors (Lipinski definition) is 5. The number of aliphatic imine (C=N–C) groups is 1. The van der Waals surface area contributed by atoms with Gasteiger partial charge in [0.2, 0.25) is 0 Å². The van der Waals surface area contributed by atoms with Crippen LogP contribution in [0.5, 0.6) is 0 Å². The normalized spacial score (nSPS) is 16.1. The summed E-state index contributed by atoms with van der Waals surface area (Å²) < 4.78 is 0. The van der Waals surface area contributed by atoms with Crippen LogP contribution in [0.15, 0.2) is 65.8 Å². The minimum atomic E-state index is 0.800. The van der Waals surface area contributed by atoms with Gasteiger partial charge < -0.3 is 9.88 Å². The molecule has 2 aromatic carbocycles. The lowest BCUT2D eigenvalue weighted by atomic mass is 10.0. The van der Waals surface area contributed by atoms with Crippen molar-refractivity contribution >= 4 is 28.1 Å². The molecule has 0 unspecified atom stereocenters. The van der Waals surface area contributed by atoms with Crippen molar-refractivity contribution in [1.29, 1.82) is 0 Å². The van der Waals surface area contributed by atoms with Crippen molar-refractivity contribution in [2.45, 2.75) is 26.2 Å². The van der Waals surface area contributed by atoms with Gasteiger partial charge in [0.15, 0.2) is 0 Å². The zero-order valence-electron chi connectivity index (χ0n) is 19.7. The van der Waals surface area contributed by atoms with Crippen molar-refractivity contribution in [3.05, 3.63) is 72.1 Å². The van der Waals surface area contributed by atoms with Crippen molar-refractivity contribution in [3.8, 4) is 11.4 Å². The highest BCUT2D eigenvalue weighted by Gasteiger charge is 2.20. The van der Waals surface area contributed by atoms with Gasteiger partial charge in [-0.3, -0.25) is 14.9 Å². The molecule has 0 aliphatic carbocycles. The Hall–Kier alpha value is -3.51. The largest absolute Gasteiger partial charge is 0.369 e. The molecule has 6 nitrogen and oxygen atoms in total. The Kier molecular flexibility index (Phi) is 5.59. The molecule has 1 N–H and O–H groups in total. The van der Waals surface area contributed by atoms with Gasteiger partial charge in [0.25, 0.3) is 0 Å². The van der Waals surface area contributed by atoms with E-state index in [1.165, 1.54) is 30.6 Å². The maximum absolute atomic E-state index is 4.89. The van der Waals surface area contributed by atoms with Crippen LogP contribution in [0, 0.1) is 0 Å². The Bertz CT molecular complexity index is 1330. The fourth-order valence-electron chi connectivity index (χ4n) is 4.97. The summed E-state index contributed by atoms with van der Waals surface area (Å²) in [5.74, 6) is 0.908. The number of benzene rings is 2. The standard InChI is InChI=1S/C28H30N6/c1-2-3-12-33-13-15-34(16-14-33)22-8-10-25-27(19-22)32-28(31-25)20-7-9-23-21(17-20)18-26(30-23)24-6-4-5-11-29-24/h4-11,17,19H,2-3,12-16,18H2,1H3,(H,31,32). The van der Waals surface area contributed by atoms with Crippen LogP contribution in [0.1, 0.15) is 31.0 Å². The molecule has 0 radical (unpaired) electrons. The smallest absolute Gasteiger partial charge is 0.138 e. The van der Waals surface area contributed by atoms with Gasteiger partial charge in [-0.25, -0.2) is 4.98 Å². The molecule has 1 fully saturated rings.